The molecule has 0 spiro atoms. The summed E-state index contributed by atoms with van der Waals surface area (Å²) in [5, 5.41) is 3.73. The molecule has 22 heavy (non-hydrogen) atoms. The smallest absolute Gasteiger partial charge is 0.230 e. The number of pyridine rings is 1. The van der Waals surface area contributed by atoms with Crippen LogP contribution in [0, 0.1) is 6.92 Å². The van der Waals surface area contributed by atoms with E-state index in [1.807, 2.05) is 35.9 Å². The molecule has 0 radical (unpaired) electrons. The number of hydrogen-bond donors (Lipinski definition) is 1. The number of halogens is 2. The molecule has 0 saturated heterocycles. The van der Waals surface area contributed by atoms with Crippen LogP contribution >= 0.6 is 23.2 Å². The minimum atomic E-state index is -0.167. The van der Waals surface area contributed by atoms with Gasteiger partial charge >= 0.3 is 0 Å². The van der Waals surface area contributed by atoms with Gasteiger partial charge in [-0.2, -0.15) is 0 Å². The molecule has 1 aromatic carbocycles. The number of fused-ring (bicyclic) bond motifs is 1. The summed E-state index contributed by atoms with van der Waals surface area (Å²) in [5.41, 5.74) is 3.20. The molecule has 6 heteroatoms. The summed E-state index contributed by atoms with van der Waals surface area (Å²) in [7, 11) is 0. The van der Waals surface area contributed by atoms with E-state index in [4.69, 9.17) is 23.2 Å². The lowest BCUT2D eigenvalue weighted by molar-refractivity contribution is -0.115. The molecular weight excluding hydrogens is 321 g/mol. The highest BCUT2D eigenvalue weighted by Crippen LogP contribution is 2.22. The van der Waals surface area contributed by atoms with Crippen LogP contribution in [0.2, 0.25) is 10.0 Å². The molecule has 0 aliphatic heterocycles. The lowest BCUT2D eigenvalue weighted by Crippen LogP contribution is -2.14. The van der Waals surface area contributed by atoms with Gasteiger partial charge in [0.25, 0.3) is 0 Å². The van der Waals surface area contributed by atoms with Crippen molar-refractivity contribution in [2.45, 2.75) is 13.3 Å². The van der Waals surface area contributed by atoms with Gasteiger partial charge < -0.3 is 9.72 Å². The van der Waals surface area contributed by atoms with E-state index >= 15 is 0 Å². The van der Waals surface area contributed by atoms with Gasteiger partial charge in [-0.25, -0.2) is 4.98 Å². The largest absolute Gasteiger partial charge is 0.326 e. The Hall–Kier alpha value is -2.04. The van der Waals surface area contributed by atoms with E-state index in [0.29, 0.717) is 21.4 Å². The van der Waals surface area contributed by atoms with E-state index in [0.717, 1.165) is 11.2 Å². The summed E-state index contributed by atoms with van der Waals surface area (Å²) in [6, 6.07) is 8.85. The number of amides is 1. The Kier molecular flexibility index (Phi) is 4.05. The fraction of sp³-hybridized carbons (Fsp3) is 0.125. The minimum absolute atomic E-state index is 0.167. The Bertz CT molecular complexity index is 837. The number of carbonyl (C=O) groups excluding carboxylic acids is 1. The van der Waals surface area contributed by atoms with Crippen LogP contribution in [0.4, 0.5) is 5.69 Å². The molecule has 112 valence electrons. The Balaban J connectivity index is 1.76. The van der Waals surface area contributed by atoms with Gasteiger partial charge in [0.05, 0.1) is 12.1 Å². The molecule has 2 heterocycles. The second-order valence-corrected chi connectivity index (χ2v) is 5.91. The summed E-state index contributed by atoms with van der Waals surface area (Å²) < 4.78 is 1.91. The van der Waals surface area contributed by atoms with Crippen LogP contribution in [0.1, 0.15) is 11.3 Å². The van der Waals surface area contributed by atoms with Crippen molar-refractivity contribution in [3.63, 3.8) is 0 Å². The number of aromatic nitrogens is 2. The van der Waals surface area contributed by atoms with Crippen LogP contribution in [0.5, 0.6) is 0 Å². The monoisotopic (exact) mass is 333 g/mol. The van der Waals surface area contributed by atoms with E-state index in [1.165, 1.54) is 0 Å². The van der Waals surface area contributed by atoms with E-state index in [2.05, 4.69) is 10.3 Å². The highest BCUT2D eigenvalue weighted by molar-refractivity contribution is 6.35. The van der Waals surface area contributed by atoms with Gasteiger partial charge in [0.15, 0.2) is 0 Å². The molecule has 0 bridgehead atoms. The van der Waals surface area contributed by atoms with Gasteiger partial charge in [-0.15, -0.1) is 0 Å². The number of nitrogens with one attached hydrogen (secondary N) is 1. The highest BCUT2D eigenvalue weighted by Gasteiger charge is 2.10. The molecule has 1 N–H and O–H groups in total. The Morgan fingerprint density at radius 3 is 2.68 bits per heavy atom. The van der Waals surface area contributed by atoms with Crippen LogP contribution < -0.4 is 5.32 Å². The number of hydrogen-bond acceptors (Lipinski definition) is 2. The third kappa shape index (κ3) is 3.24. The predicted octanol–water partition coefficient (Wildman–Crippen LogP) is 4.13. The van der Waals surface area contributed by atoms with Crippen LogP contribution in [0.25, 0.3) is 5.65 Å². The third-order valence-electron chi connectivity index (χ3n) is 3.22. The molecular formula is C16H13Cl2N3O. The first-order valence-corrected chi connectivity index (χ1v) is 7.46. The fourth-order valence-corrected chi connectivity index (χ4v) is 2.81. The molecule has 3 aromatic rings. The van der Waals surface area contributed by atoms with Crippen molar-refractivity contribution in [2.75, 3.05) is 5.32 Å². The van der Waals surface area contributed by atoms with Crippen molar-refractivity contribution in [1.29, 1.82) is 0 Å². The number of aryl methyl sites for hydroxylation is 1. The second-order valence-electron chi connectivity index (χ2n) is 5.04. The molecule has 3 rings (SSSR count). The first kappa shape index (κ1) is 14.9. The van der Waals surface area contributed by atoms with Crippen molar-refractivity contribution in [3.8, 4) is 0 Å². The first-order valence-electron chi connectivity index (χ1n) is 6.70. The zero-order valence-corrected chi connectivity index (χ0v) is 13.3. The quantitative estimate of drug-likeness (QED) is 0.783. The maximum Gasteiger partial charge on any atom is 0.230 e. The maximum atomic E-state index is 12.1. The Morgan fingerprint density at radius 1 is 1.27 bits per heavy atom. The van der Waals surface area contributed by atoms with Crippen LogP contribution in [-0.4, -0.2) is 15.3 Å². The van der Waals surface area contributed by atoms with Gasteiger partial charge in [-0.05, 0) is 36.8 Å². The normalized spacial score (nSPS) is 10.9. The fourth-order valence-electron chi connectivity index (χ4n) is 2.29. The van der Waals surface area contributed by atoms with Crippen LogP contribution in [-0.2, 0) is 11.2 Å². The Labute approximate surface area is 137 Å². The van der Waals surface area contributed by atoms with E-state index in [-0.39, 0.29) is 12.3 Å². The maximum absolute atomic E-state index is 12.1. The summed E-state index contributed by atoms with van der Waals surface area (Å²) >= 11 is 11.8. The molecule has 0 aliphatic rings. The molecule has 0 atom stereocenters. The number of benzene rings is 1. The number of carbonyl (C=O) groups is 1. The Morgan fingerprint density at radius 2 is 2.00 bits per heavy atom. The predicted molar refractivity (Wildman–Crippen MR) is 88.7 cm³/mol. The topological polar surface area (TPSA) is 46.4 Å². The minimum Gasteiger partial charge on any atom is -0.326 e. The summed E-state index contributed by atoms with van der Waals surface area (Å²) in [5.74, 6) is -0.167. The SMILES string of the molecule is Cc1cccn2cc(CC(=O)Nc3cc(Cl)cc(Cl)c3)nc12. The van der Waals surface area contributed by atoms with Gasteiger partial charge in [-0.1, -0.05) is 29.3 Å². The van der Waals surface area contributed by atoms with Crippen molar-refractivity contribution in [1.82, 2.24) is 9.38 Å². The van der Waals surface area contributed by atoms with Crippen molar-refractivity contribution < 1.29 is 4.79 Å². The van der Waals surface area contributed by atoms with Crippen molar-refractivity contribution in [2.24, 2.45) is 0 Å². The molecule has 0 saturated carbocycles. The zero-order valence-electron chi connectivity index (χ0n) is 11.8. The molecule has 0 unspecified atom stereocenters. The number of anilines is 1. The van der Waals surface area contributed by atoms with Gasteiger partial charge in [0.2, 0.25) is 5.91 Å². The van der Waals surface area contributed by atoms with Crippen molar-refractivity contribution >= 4 is 40.4 Å². The molecule has 2 aromatic heterocycles. The van der Waals surface area contributed by atoms with Crippen LogP contribution in [0.15, 0.2) is 42.7 Å². The first-order chi connectivity index (χ1) is 10.5. The van der Waals surface area contributed by atoms with E-state index in [1.54, 1.807) is 18.2 Å². The summed E-state index contributed by atoms with van der Waals surface area (Å²) in [6.45, 7) is 1.99. The lowest BCUT2D eigenvalue weighted by atomic mass is 10.3. The van der Waals surface area contributed by atoms with Gasteiger partial charge in [0.1, 0.15) is 5.65 Å². The van der Waals surface area contributed by atoms with E-state index < -0.39 is 0 Å². The number of rotatable bonds is 3. The summed E-state index contributed by atoms with van der Waals surface area (Å²) in [6.07, 6.45) is 3.95. The lowest BCUT2D eigenvalue weighted by Gasteiger charge is -2.05. The molecule has 4 nitrogen and oxygen atoms in total. The summed E-state index contributed by atoms with van der Waals surface area (Å²) in [4.78, 5) is 16.6. The molecule has 0 fully saturated rings. The molecule has 0 aliphatic carbocycles. The highest BCUT2D eigenvalue weighted by atomic mass is 35.5. The molecule has 1 amide bonds. The van der Waals surface area contributed by atoms with Crippen molar-refractivity contribution in [3.05, 3.63) is 64.0 Å². The standard InChI is InChI=1S/C16H13Cl2N3O/c1-10-3-2-4-21-9-14(20-16(10)21)8-15(22)19-13-6-11(17)5-12(18)7-13/h2-7,9H,8H2,1H3,(H,19,22). The average molecular weight is 334 g/mol. The van der Waals surface area contributed by atoms with Crippen LogP contribution in [0.3, 0.4) is 0 Å². The average Bonchev–Trinajstić information content (AvgIpc) is 2.81. The van der Waals surface area contributed by atoms with Gasteiger partial charge in [-0.3, -0.25) is 4.79 Å². The third-order valence-corrected chi connectivity index (χ3v) is 3.65. The number of imidazole rings is 1. The van der Waals surface area contributed by atoms with E-state index in [9.17, 15) is 4.79 Å². The number of nitrogens with zero attached hydrogens (tertiary/aromatic N) is 2. The second kappa shape index (κ2) is 5.99. The zero-order chi connectivity index (χ0) is 15.7. The van der Waals surface area contributed by atoms with Gasteiger partial charge in [0, 0.05) is 28.1 Å².